The molecule has 18 heavy (non-hydrogen) atoms. The molecule has 0 saturated carbocycles. The van der Waals surface area contributed by atoms with E-state index in [0.717, 1.165) is 0 Å². The van der Waals surface area contributed by atoms with Gasteiger partial charge in [0.05, 0.1) is 11.9 Å². The zero-order valence-corrected chi connectivity index (χ0v) is 10.5. The van der Waals surface area contributed by atoms with Gasteiger partial charge in [0.25, 0.3) is 10.0 Å². The molecular formula is C11H12FN3O2S. The van der Waals surface area contributed by atoms with E-state index in [1.807, 2.05) is 0 Å². The third-order valence-electron chi connectivity index (χ3n) is 2.29. The zero-order chi connectivity index (χ0) is 13.2. The standard InChI is InChI=1S/C11H12FN3O2S/c1-2-14-18(16,17)11-7-8-13-15(11)10-5-3-9(12)4-6-10/h3-8,14H,2H2,1H3. The summed E-state index contributed by atoms with van der Waals surface area (Å²) < 4.78 is 40.3. The molecule has 0 aliphatic rings. The monoisotopic (exact) mass is 269 g/mol. The first-order valence-electron chi connectivity index (χ1n) is 5.34. The first-order chi connectivity index (χ1) is 8.54. The summed E-state index contributed by atoms with van der Waals surface area (Å²) in [5.74, 6) is -0.387. The molecule has 0 aliphatic carbocycles. The summed E-state index contributed by atoms with van der Waals surface area (Å²) in [5.41, 5.74) is 0.484. The summed E-state index contributed by atoms with van der Waals surface area (Å²) in [6, 6.07) is 6.82. The van der Waals surface area contributed by atoms with Crippen LogP contribution in [0, 0.1) is 5.82 Å². The van der Waals surface area contributed by atoms with Crippen molar-refractivity contribution in [1.82, 2.24) is 14.5 Å². The van der Waals surface area contributed by atoms with Gasteiger partial charge in [-0.05, 0) is 30.3 Å². The average molecular weight is 269 g/mol. The van der Waals surface area contributed by atoms with E-state index in [-0.39, 0.29) is 17.4 Å². The van der Waals surface area contributed by atoms with Gasteiger partial charge < -0.3 is 0 Å². The highest BCUT2D eigenvalue weighted by molar-refractivity contribution is 7.89. The third kappa shape index (κ3) is 2.41. The molecule has 0 fully saturated rings. The molecule has 0 saturated heterocycles. The maximum atomic E-state index is 12.8. The quantitative estimate of drug-likeness (QED) is 0.910. The Morgan fingerprint density at radius 3 is 2.56 bits per heavy atom. The number of halogens is 1. The predicted octanol–water partition coefficient (Wildman–Crippen LogP) is 1.31. The molecule has 96 valence electrons. The molecular weight excluding hydrogens is 257 g/mol. The molecule has 0 radical (unpaired) electrons. The number of nitrogens with zero attached hydrogens (tertiary/aromatic N) is 2. The fraction of sp³-hybridized carbons (Fsp3) is 0.182. The first-order valence-corrected chi connectivity index (χ1v) is 6.82. The van der Waals surface area contributed by atoms with Gasteiger partial charge in [0.15, 0.2) is 5.03 Å². The molecule has 7 heteroatoms. The Hall–Kier alpha value is -1.73. The summed E-state index contributed by atoms with van der Waals surface area (Å²) in [7, 11) is -3.60. The topological polar surface area (TPSA) is 64.0 Å². The normalized spacial score (nSPS) is 11.7. The molecule has 2 aromatic rings. The van der Waals surface area contributed by atoms with Gasteiger partial charge in [0, 0.05) is 6.54 Å². The highest BCUT2D eigenvalue weighted by atomic mass is 32.2. The smallest absolute Gasteiger partial charge is 0.221 e. The van der Waals surface area contributed by atoms with Gasteiger partial charge >= 0.3 is 0 Å². The molecule has 0 atom stereocenters. The van der Waals surface area contributed by atoms with Crippen molar-refractivity contribution in [1.29, 1.82) is 0 Å². The van der Waals surface area contributed by atoms with Crippen molar-refractivity contribution in [2.45, 2.75) is 11.9 Å². The van der Waals surface area contributed by atoms with Crippen molar-refractivity contribution in [3.63, 3.8) is 0 Å². The lowest BCUT2D eigenvalue weighted by atomic mass is 10.3. The summed E-state index contributed by atoms with van der Waals surface area (Å²) in [6.07, 6.45) is 1.38. The van der Waals surface area contributed by atoms with Crippen LogP contribution in [0.4, 0.5) is 4.39 Å². The fourth-order valence-electron chi connectivity index (χ4n) is 1.53. The van der Waals surface area contributed by atoms with Crippen LogP contribution in [0.2, 0.25) is 0 Å². The van der Waals surface area contributed by atoms with Crippen LogP contribution in [0.3, 0.4) is 0 Å². The Kier molecular flexibility index (Phi) is 3.44. The molecule has 1 heterocycles. The molecule has 0 spiro atoms. The lowest BCUT2D eigenvalue weighted by Gasteiger charge is -2.08. The Labute approximate surface area is 104 Å². The van der Waals surface area contributed by atoms with Crippen molar-refractivity contribution in [2.24, 2.45) is 0 Å². The molecule has 2 rings (SSSR count). The summed E-state index contributed by atoms with van der Waals surface area (Å²) in [5, 5.41) is 3.96. The fourth-order valence-corrected chi connectivity index (χ4v) is 2.68. The molecule has 0 amide bonds. The molecule has 1 aromatic carbocycles. The number of hydrogen-bond acceptors (Lipinski definition) is 3. The Bertz CT molecular complexity index is 635. The minimum Gasteiger partial charge on any atom is -0.221 e. The minimum absolute atomic E-state index is 0.0240. The first kappa shape index (κ1) is 12.7. The largest absolute Gasteiger partial charge is 0.258 e. The predicted molar refractivity (Wildman–Crippen MR) is 64.4 cm³/mol. The van der Waals surface area contributed by atoms with E-state index in [4.69, 9.17) is 0 Å². The van der Waals surface area contributed by atoms with E-state index >= 15 is 0 Å². The summed E-state index contributed by atoms with van der Waals surface area (Å²) in [4.78, 5) is 0. The minimum atomic E-state index is -3.60. The molecule has 0 unspecified atom stereocenters. The Balaban J connectivity index is 2.48. The van der Waals surface area contributed by atoms with Crippen LogP contribution in [0.25, 0.3) is 5.69 Å². The van der Waals surface area contributed by atoms with Gasteiger partial charge in [-0.15, -0.1) is 0 Å². The van der Waals surface area contributed by atoms with Gasteiger partial charge in [-0.1, -0.05) is 6.92 Å². The van der Waals surface area contributed by atoms with Crippen LogP contribution in [0.1, 0.15) is 6.92 Å². The number of benzene rings is 1. The molecule has 0 bridgehead atoms. The SMILES string of the molecule is CCNS(=O)(=O)c1ccnn1-c1ccc(F)cc1. The molecule has 1 aromatic heterocycles. The van der Waals surface area contributed by atoms with Crippen molar-refractivity contribution in [3.8, 4) is 5.69 Å². The maximum absolute atomic E-state index is 12.8. The van der Waals surface area contributed by atoms with E-state index < -0.39 is 10.0 Å². The van der Waals surface area contributed by atoms with Crippen molar-refractivity contribution >= 4 is 10.0 Å². The van der Waals surface area contributed by atoms with Gasteiger partial charge in [-0.3, -0.25) is 0 Å². The van der Waals surface area contributed by atoms with Gasteiger partial charge in [0.2, 0.25) is 0 Å². The van der Waals surface area contributed by atoms with Crippen LogP contribution >= 0.6 is 0 Å². The van der Waals surface area contributed by atoms with Crippen molar-refractivity contribution < 1.29 is 12.8 Å². The van der Waals surface area contributed by atoms with Crippen LogP contribution in [0.15, 0.2) is 41.6 Å². The van der Waals surface area contributed by atoms with Crippen LogP contribution in [-0.4, -0.2) is 24.7 Å². The second-order valence-electron chi connectivity index (χ2n) is 3.56. The highest BCUT2D eigenvalue weighted by Crippen LogP contribution is 2.15. The van der Waals surface area contributed by atoms with E-state index in [1.165, 1.54) is 41.2 Å². The van der Waals surface area contributed by atoms with E-state index in [0.29, 0.717) is 5.69 Å². The highest BCUT2D eigenvalue weighted by Gasteiger charge is 2.19. The Morgan fingerprint density at radius 2 is 1.94 bits per heavy atom. The second kappa shape index (κ2) is 4.87. The van der Waals surface area contributed by atoms with Crippen LogP contribution in [0.5, 0.6) is 0 Å². The van der Waals surface area contributed by atoms with Crippen LogP contribution < -0.4 is 4.72 Å². The number of aromatic nitrogens is 2. The second-order valence-corrected chi connectivity index (χ2v) is 5.27. The lowest BCUT2D eigenvalue weighted by molar-refractivity contribution is 0.573. The van der Waals surface area contributed by atoms with Gasteiger partial charge in [0.1, 0.15) is 5.82 Å². The number of hydrogen-bond donors (Lipinski definition) is 1. The third-order valence-corrected chi connectivity index (χ3v) is 3.82. The number of rotatable bonds is 4. The van der Waals surface area contributed by atoms with E-state index in [2.05, 4.69) is 9.82 Å². The van der Waals surface area contributed by atoms with Gasteiger partial charge in [-0.2, -0.15) is 5.10 Å². The Morgan fingerprint density at radius 1 is 1.28 bits per heavy atom. The zero-order valence-electron chi connectivity index (χ0n) is 9.67. The van der Waals surface area contributed by atoms with E-state index in [1.54, 1.807) is 6.92 Å². The van der Waals surface area contributed by atoms with Gasteiger partial charge in [-0.25, -0.2) is 22.2 Å². The van der Waals surface area contributed by atoms with Crippen molar-refractivity contribution in [2.75, 3.05) is 6.54 Å². The number of sulfonamides is 1. The molecule has 1 N–H and O–H groups in total. The molecule has 5 nitrogen and oxygen atoms in total. The number of nitrogens with one attached hydrogen (secondary N) is 1. The van der Waals surface area contributed by atoms with E-state index in [9.17, 15) is 12.8 Å². The summed E-state index contributed by atoms with van der Waals surface area (Å²) in [6.45, 7) is 1.98. The average Bonchev–Trinajstić information content (AvgIpc) is 2.79. The lowest BCUT2D eigenvalue weighted by Crippen LogP contribution is -2.25. The maximum Gasteiger partial charge on any atom is 0.258 e. The molecule has 0 aliphatic heterocycles. The summed E-state index contributed by atoms with van der Waals surface area (Å²) >= 11 is 0. The van der Waals surface area contributed by atoms with Crippen LogP contribution in [-0.2, 0) is 10.0 Å². The van der Waals surface area contributed by atoms with Crippen molar-refractivity contribution in [3.05, 3.63) is 42.3 Å².